The van der Waals surface area contributed by atoms with Crippen LogP contribution in [0.2, 0.25) is 0 Å². The average molecular weight is 257 g/mol. The standard InChI is InChI=1S/C12H19NOS2/c1-4-7-15-9-12(14)13(3)10(2)11-6-5-8-16-11/h5-6,8,10H,4,7,9H2,1-3H3. The summed E-state index contributed by atoms with van der Waals surface area (Å²) in [5, 5.41) is 2.05. The van der Waals surface area contributed by atoms with Crippen molar-refractivity contribution in [1.29, 1.82) is 0 Å². The molecule has 2 nitrogen and oxygen atoms in total. The van der Waals surface area contributed by atoms with Crippen molar-refractivity contribution in [3.8, 4) is 0 Å². The van der Waals surface area contributed by atoms with Crippen molar-refractivity contribution in [2.24, 2.45) is 0 Å². The Balaban J connectivity index is 2.44. The lowest BCUT2D eigenvalue weighted by Gasteiger charge is -2.24. The topological polar surface area (TPSA) is 20.3 Å². The van der Waals surface area contributed by atoms with Crippen LogP contribution < -0.4 is 0 Å². The molecule has 0 aromatic carbocycles. The Kier molecular flexibility index (Phi) is 5.91. The van der Waals surface area contributed by atoms with Gasteiger partial charge in [-0.15, -0.1) is 11.3 Å². The lowest BCUT2D eigenvalue weighted by Crippen LogP contribution is -2.30. The molecule has 1 heterocycles. The molecule has 1 atom stereocenters. The smallest absolute Gasteiger partial charge is 0.232 e. The highest BCUT2D eigenvalue weighted by molar-refractivity contribution is 7.99. The van der Waals surface area contributed by atoms with E-state index in [-0.39, 0.29) is 11.9 Å². The minimum absolute atomic E-state index is 0.190. The molecule has 90 valence electrons. The molecule has 0 spiro atoms. The second-order valence-electron chi connectivity index (χ2n) is 3.75. The zero-order valence-corrected chi connectivity index (χ0v) is 11.7. The van der Waals surface area contributed by atoms with Crippen molar-refractivity contribution >= 4 is 29.0 Å². The first-order chi connectivity index (χ1) is 7.66. The highest BCUT2D eigenvalue weighted by Gasteiger charge is 2.17. The number of thioether (sulfide) groups is 1. The summed E-state index contributed by atoms with van der Waals surface area (Å²) < 4.78 is 0. The Morgan fingerprint density at radius 2 is 2.38 bits per heavy atom. The minimum Gasteiger partial charge on any atom is -0.337 e. The van der Waals surface area contributed by atoms with Gasteiger partial charge in [0.2, 0.25) is 5.91 Å². The average Bonchev–Trinajstić information content (AvgIpc) is 2.80. The van der Waals surface area contributed by atoms with Gasteiger partial charge in [0.05, 0.1) is 11.8 Å². The van der Waals surface area contributed by atoms with Gasteiger partial charge in [-0.1, -0.05) is 13.0 Å². The van der Waals surface area contributed by atoms with Crippen molar-refractivity contribution in [2.45, 2.75) is 26.3 Å². The van der Waals surface area contributed by atoms with Crippen LogP contribution in [0.3, 0.4) is 0 Å². The van der Waals surface area contributed by atoms with Crippen LogP contribution in [0.5, 0.6) is 0 Å². The van der Waals surface area contributed by atoms with Crippen LogP contribution >= 0.6 is 23.1 Å². The summed E-state index contributed by atoms with van der Waals surface area (Å²) in [5.74, 6) is 1.88. The van der Waals surface area contributed by atoms with Crippen LogP contribution in [0.1, 0.15) is 31.2 Å². The third kappa shape index (κ3) is 3.83. The molecule has 4 heteroatoms. The van der Waals surface area contributed by atoms with Gasteiger partial charge in [-0.25, -0.2) is 0 Å². The molecule has 1 aromatic rings. The summed E-state index contributed by atoms with van der Waals surface area (Å²) in [4.78, 5) is 15.0. The van der Waals surface area contributed by atoms with Crippen LogP contribution in [0.15, 0.2) is 17.5 Å². The fourth-order valence-electron chi connectivity index (χ4n) is 1.34. The maximum absolute atomic E-state index is 11.9. The number of carbonyl (C=O) groups excluding carboxylic acids is 1. The number of amides is 1. The number of thiophene rings is 1. The number of hydrogen-bond acceptors (Lipinski definition) is 3. The van der Waals surface area contributed by atoms with E-state index in [9.17, 15) is 4.79 Å². The first-order valence-electron chi connectivity index (χ1n) is 5.53. The molecule has 0 aliphatic carbocycles. The molecule has 0 fully saturated rings. The van der Waals surface area contributed by atoms with Crippen LogP contribution in [-0.2, 0) is 4.79 Å². The van der Waals surface area contributed by atoms with Gasteiger partial charge < -0.3 is 4.90 Å². The van der Waals surface area contributed by atoms with Crippen molar-refractivity contribution in [2.75, 3.05) is 18.6 Å². The predicted molar refractivity (Wildman–Crippen MR) is 73.1 cm³/mol. The summed E-state index contributed by atoms with van der Waals surface area (Å²) in [6.07, 6.45) is 1.13. The van der Waals surface area contributed by atoms with E-state index in [4.69, 9.17) is 0 Å². The maximum atomic E-state index is 11.9. The van der Waals surface area contributed by atoms with E-state index in [1.54, 1.807) is 23.1 Å². The van der Waals surface area contributed by atoms with Crippen molar-refractivity contribution in [3.05, 3.63) is 22.4 Å². The Bertz CT molecular complexity index is 311. The van der Waals surface area contributed by atoms with E-state index in [0.717, 1.165) is 12.2 Å². The molecular formula is C12H19NOS2. The monoisotopic (exact) mass is 257 g/mol. The zero-order chi connectivity index (χ0) is 12.0. The molecule has 16 heavy (non-hydrogen) atoms. The van der Waals surface area contributed by atoms with Gasteiger partial charge in [0, 0.05) is 11.9 Å². The first kappa shape index (κ1) is 13.6. The van der Waals surface area contributed by atoms with Gasteiger partial charge in [-0.05, 0) is 30.5 Å². The third-order valence-electron chi connectivity index (χ3n) is 2.50. The third-order valence-corrected chi connectivity index (χ3v) is 4.69. The number of rotatable bonds is 6. The molecule has 0 saturated carbocycles. The summed E-state index contributed by atoms with van der Waals surface area (Å²) >= 11 is 3.42. The van der Waals surface area contributed by atoms with Gasteiger partial charge in [0.1, 0.15) is 0 Å². The Morgan fingerprint density at radius 3 is 2.94 bits per heavy atom. The van der Waals surface area contributed by atoms with Crippen molar-refractivity contribution in [1.82, 2.24) is 4.90 Å². The van der Waals surface area contributed by atoms with Crippen LogP contribution in [0.25, 0.3) is 0 Å². The molecule has 1 aromatic heterocycles. The Hall–Kier alpha value is -0.480. The van der Waals surface area contributed by atoms with Gasteiger partial charge in [-0.3, -0.25) is 4.79 Å². The summed E-state index contributed by atoms with van der Waals surface area (Å²) in [6.45, 7) is 4.21. The Morgan fingerprint density at radius 1 is 1.62 bits per heavy atom. The molecule has 1 unspecified atom stereocenters. The second kappa shape index (κ2) is 6.97. The van der Waals surface area contributed by atoms with Crippen LogP contribution in [0, 0.1) is 0 Å². The number of hydrogen-bond donors (Lipinski definition) is 0. The molecular weight excluding hydrogens is 238 g/mol. The SMILES string of the molecule is CCCSCC(=O)N(C)C(C)c1cccs1. The van der Waals surface area contributed by atoms with Gasteiger partial charge in [0.25, 0.3) is 0 Å². The molecule has 0 N–H and O–H groups in total. The second-order valence-corrected chi connectivity index (χ2v) is 5.83. The maximum Gasteiger partial charge on any atom is 0.232 e. The highest BCUT2D eigenvalue weighted by atomic mass is 32.2. The molecule has 0 bridgehead atoms. The van der Waals surface area contributed by atoms with E-state index < -0.39 is 0 Å². The largest absolute Gasteiger partial charge is 0.337 e. The number of carbonyl (C=O) groups is 1. The predicted octanol–water partition coefficient (Wildman–Crippen LogP) is 3.41. The summed E-state index contributed by atoms with van der Waals surface area (Å²) in [6, 6.07) is 4.30. The van der Waals surface area contributed by atoms with Gasteiger partial charge in [-0.2, -0.15) is 11.8 Å². The van der Waals surface area contributed by atoms with E-state index in [1.165, 1.54) is 4.88 Å². The van der Waals surface area contributed by atoms with Crippen molar-refractivity contribution < 1.29 is 4.79 Å². The fraction of sp³-hybridized carbons (Fsp3) is 0.583. The van der Waals surface area contributed by atoms with E-state index >= 15 is 0 Å². The molecule has 0 saturated heterocycles. The lowest BCUT2D eigenvalue weighted by molar-refractivity contribution is -0.128. The van der Waals surface area contributed by atoms with E-state index in [0.29, 0.717) is 5.75 Å². The Labute approximate surface area is 106 Å². The lowest BCUT2D eigenvalue weighted by atomic mass is 10.2. The highest BCUT2D eigenvalue weighted by Crippen LogP contribution is 2.23. The molecule has 0 aliphatic heterocycles. The van der Waals surface area contributed by atoms with Gasteiger partial charge >= 0.3 is 0 Å². The molecule has 0 radical (unpaired) electrons. The van der Waals surface area contributed by atoms with Gasteiger partial charge in [0.15, 0.2) is 0 Å². The van der Waals surface area contributed by atoms with E-state index in [2.05, 4.69) is 25.3 Å². The molecule has 0 aliphatic rings. The minimum atomic E-state index is 0.190. The fourth-order valence-corrected chi connectivity index (χ4v) is 2.98. The number of nitrogens with zero attached hydrogens (tertiary/aromatic N) is 1. The van der Waals surface area contributed by atoms with E-state index in [1.807, 2.05) is 18.0 Å². The molecule has 1 rings (SSSR count). The summed E-state index contributed by atoms with van der Waals surface area (Å²) in [7, 11) is 1.89. The first-order valence-corrected chi connectivity index (χ1v) is 7.57. The van der Waals surface area contributed by atoms with Crippen molar-refractivity contribution in [3.63, 3.8) is 0 Å². The van der Waals surface area contributed by atoms with Crippen LogP contribution in [-0.4, -0.2) is 29.4 Å². The zero-order valence-electron chi connectivity index (χ0n) is 10.1. The van der Waals surface area contributed by atoms with Crippen LogP contribution in [0.4, 0.5) is 0 Å². The summed E-state index contributed by atoms with van der Waals surface area (Å²) in [5.41, 5.74) is 0. The molecule has 1 amide bonds. The quantitative estimate of drug-likeness (QED) is 0.728. The normalized spacial score (nSPS) is 12.4.